The van der Waals surface area contributed by atoms with Crippen molar-refractivity contribution in [2.24, 2.45) is 0 Å². The fraction of sp³-hybridized carbons (Fsp3) is 0.200. The summed E-state index contributed by atoms with van der Waals surface area (Å²) >= 11 is 0. The Kier molecular flexibility index (Phi) is 4.20. The molecule has 2 rings (SSSR count). The molecule has 0 atom stereocenters. The molecule has 0 bridgehead atoms. The van der Waals surface area contributed by atoms with E-state index < -0.39 is 0 Å². The van der Waals surface area contributed by atoms with E-state index in [0.717, 1.165) is 5.69 Å². The van der Waals surface area contributed by atoms with Crippen molar-refractivity contribution in [2.45, 2.75) is 6.92 Å². The molecule has 1 heterocycles. The summed E-state index contributed by atoms with van der Waals surface area (Å²) < 4.78 is 5.15. The highest BCUT2D eigenvalue weighted by atomic mass is 16.5. The number of ether oxygens (including phenoxy) is 1. The fourth-order valence-electron chi connectivity index (χ4n) is 2.02. The van der Waals surface area contributed by atoms with Gasteiger partial charge in [0.2, 0.25) is 0 Å². The van der Waals surface area contributed by atoms with E-state index in [9.17, 15) is 4.79 Å². The maximum atomic E-state index is 12.6. The number of methoxy groups -OCH3 is 1. The first-order valence-corrected chi connectivity index (χ1v) is 6.33. The summed E-state index contributed by atoms with van der Waals surface area (Å²) in [4.78, 5) is 18.2. The van der Waals surface area contributed by atoms with Crippen molar-refractivity contribution in [3.8, 4) is 5.75 Å². The minimum Gasteiger partial charge on any atom is -0.495 e. The summed E-state index contributed by atoms with van der Waals surface area (Å²) in [6.07, 6.45) is 3.31. The Morgan fingerprint density at radius 1 is 1.30 bits per heavy atom. The number of nitrogens with two attached hydrogens (primary N) is 1. The quantitative estimate of drug-likeness (QED) is 0.867. The molecule has 104 valence electrons. The Labute approximate surface area is 118 Å². The van der Waals surface area contributed by atoms with Crippen molar-refractivity contribution in [3.63, 3.8) is 0 Å². The Morgan fingerprint density at radius 3 is 2.60 bits per heavy atom. The first-order chi connectivity index (χ1) is 9.69. The van der Waals surface area contributed by atoms with Crippen LogP contribution in [0, 0.1) is 0 Å². The van der Waals surface area contributed by atoms with E-state index in [-0.39, 0.29) is 5.91 Å². The molecular formula is C15H17N3O2. The minimum atomic E-state index is -0.157. The highest BCUT2D eigenvalue weighted by Crippen LogP contribution is 2.27. The number of pyridine rings is 1. The van der Waals surface area contributed by atoms with Crippen LogP contribution in [0.15, 0.2) is 42.7 Å². The molecule has 1 aromatic heterocycles. The van der Waals surface area contributed by atoms with Crippen LogP contribution in [-0.2, 0) is 0 Å². The second-order valence-corrected chi connectivity index (χ2v) is 4.18. The van der Waals surface area contributed by atoms with E-state index in [1.807, 2.05) is 6.92 Å². The molecule has 0 aliphatic heterocycles. The van der Waals surface area contributed by atoms with Gasteiger partial charge in [0, 0.05) is 24.6 Å². The number of hydrogen-bond donors (Lipinski definition) is 1. The minimum absolute atomic E-state index is 0.157. The van der Waals surface area contributed by atoms with Gasteiger partial charge in [0.25, 0.3) is 5.91 Å². The largest absolute Gasteiger partial charge is 0.495 e. The van der Waals surface area contributed by atoms with Crippen molar-refractivity contribution >= 4 is 17.3 Å². The van der Waals surface area contributed by atoms with Gasteiger partial charge in [-0.05, 0) is 31.2 Å². The topological polar surface area (TPSA) is 68.5 Å². The van der Waals surface area contributed by atoms with Gasteiger partial charge < -0.3 is 15.4 Å². The monoisotopic (exact) mass is 271 g/mol. The molecule has 1 aromatic carbocycles. The number of para-hydroxylation sites is 1. The summed E-state index contributed by atoms with van der Waals surface area (Å²) in [6, 6.07) is 8.76. The number of anilines is 2. The molecule has 0 radical (unpaired) electrons. The van der Waals surface area contributed by atoms with Crippen LogP contribution in [-0.4, -0.2) is 24.5 Å². The molecule has 20 heavy (non-hydrogen) atoms. The molecule has 0 spiro atoms. The Hall–Kier alpha value is -2.56. The summed E-state index contributed by atoms with van der Waals surface area (Å²) in [5.41, 5.74) is 7.55. The van der Waals surface area contributed by atoms with Gasteiger partial charge in [-0.2, -0.15) is 0 Å². The Balaban J connectivity index is 2.39. The molecule has 5 heteroatoms. The first-order valence-electron chi connectivity index (χ1n) is 6.33. The fourth-order valence-corrected chi connectivity index (χ4v) is 2.02. The zero-order valence-corrected chi connectivity index (χ0v) is 11.5. The van der Waals surface area contributed by atoms with Crippen molar-refractivity contribution in [3.05, 3.63) is 48.3 Å². The average molecular weight is 271 g/mol. The molecule has 0 aliphatic rings. The second-order valence-electron chi connectivity index (χ2n) is 4.18. The molecule has 1 amide bonds. The molecule has 2 aromatic rings. The number of rotatable bonds is 4. The highest BCUT2D eigenvalue weighted by molar-refractivity contribution is 6.09. The zero-order chi connectivity index (χ0) is 14.5. The van der Waals surface area contributed by atoms with E-state index in [1.54, 1.807) is 47.6 Å². The van der Waals surface area contributed by atoms with Crippen LogP contribution in [0.4, 0.5) is 11.4 Å². The third-order valence-corrected chi connectivity index (χ3v) is 3.05. The molecule has 0 saturated carbocycles. The number of hydrogen-bond acceptors (Lipinski definition) is 4. The third-order valence-electron chi connectivity index (χ3n) is 3.05. The molecule has 5 nitrogen and oxygen atoms in total. The van der Waals surface area contributed by atoms with Crippen molar-refractivity contribution in [2.75, 3.05) is 24.3 Å². The summed E-state index contributed by atoms with van der Waals surface area (Å²) in [7, 11) is 1.53. The van der Waals surface area contributed by atoms with Gasteiger partial charge in [0.1, 0.15) is 5.75 Å². The SMILES string of the molecule is CCN(C(=O)c1cccc(OC)c1N)c1ccncc1. The smallest absolute Gasteiger partial charge is 0.260 e. The van der Waals surface area contributed by atoms with Gasteiger partial charge in [0.15, 0.2) is 0 Å². The zero-order valence-electron chi connectivity index (χ0n) is 11.5. The number of carbonyl (C=O) groups excluding carboxylic acids is 1. The van der Waals surface area contributed by atoms with Crippen molar-refractivity contribution in [1.82, 2.24) is 4.98 Å². The summed E-state index contributed by atoms with van der Waals surface area (Å²) in [5.74, 6) is 0.344. The third kappa shape index (κ3) is 2.56. The molecule has 0 unspecified atom stereocenters. The number of benzene rings is 1. The van der Waals surface area contributed by atoms with Crippen molar-refractivity contribution < 1.29 is 9.53 Å². The predicted octanol–water partition coefficient (Wildman–Crippen LogP) is 2.34. The van der Waals surface area contributed by atoms with E-state index >= 15 is 0 Å². The van der Waals surface area contributed by atoms with E-state index in [4.69, 9.17) is 10.5 Å². The predicted molar refractivity (Wildman–Crippen MR) is 79.0 cm³/mol. The van der Waals surface area contributed by atoms with Crippen LogP contribution in [0.1, 0.15) is 17.3 Å². The van der Waals surface area contributed by atoms with Crippen LogP contribution < -0.4 is 15.4 Å². The van der Waals surface area contributed by atoms with Gasteiger partial charge in [0.05, 0.1) is 18.4 Å². The molecular weight excluding hydrogens is 254 g/mol. The molecule has 0 fully saturated rings. The van der Waals surface area contributed by atoms with E-state index in [1.165, 1.54) is 7.11 Å². The maximum absolute atomic E-state index is 12.6. The van der Waals surface area contributed by atoms with Gasteiger partial charge >= 0.3 is 0 Å². The summed E-state index contributed by atoms with van der Waals surface area (Å²) in [5, 5.41) is 0. The lowest BCUT2D eigenvalue weighted by molar-refractivity contribution is 0.0989. The van der Waals surface area contributed by atoms with Crippen LogP contribution in [0.25, 0.3) is 0 Å². The first kappa shape index (κ1) is 13.9. The van der Waals surface area contributed by atoms with Crippen molar-refractivity contribution in [1.29, 1.82) is 0 Å². The number of amides is 1. The molecule has 0 saturated heterocycles. The lowest BCUT2D eigenvalue weighted by atomic mass is 10.1. The van der Waals surface area contributed by atoms with Crippen LogP contribution in [0.3, 0.4) is 0 Å². The number of carbonyl (C=O) groups is 1. The lowest BCUT2D eigenvalue weighted by Crippen LogP contribution is -2.31. The van der Waals surface area contributed by atoms with Gasteiger partial charge in [-0.25, -0.2) is 0 Å². The maximum Gasteiger partial charge on any atom is 0.260 e. The standard InChI is InChI=1S/C15H17N3O2/c1-3-18(11-7-9-17-10-8-11)15(19)12-5-4-6-13(20-2)14(12)16/h4-10H,3,16H2,1-2H3. The van der Waals surface area contributed by atoms with E-state index in [2.05, 4.69) is 4.98 Å². The van der Waals surface area contributed by atoms with Gasteiger partial charge in [-0.1, -0.05) is 6.07 Å². The summed E-state index contributed by atoms with van der Waals surface area (Å²) in [6.45, 7) is 2.45. The number of nitrogens with zero attached hydrogens (tertiary/aromatic N) is 2. The number of aromatic nitrogens is 1. The lowest BCUT2D eigenvalue weighted by Gasteiger charge is -2.22. The van der Waals surface area contributed by atoms with Gasteiger partial charge in [-0.15, -0.1) is 0 Å². The van der Waals surface area contributed by atoms with E-state index in [0.29, 0.717) is 23.5 Å². The normalized spacial score (nSPS) is 10.1. The van der Waals surface area contributed by atoms with Crippen LogP contribution in [0.5, 0.6) is 5.75 Å². The van der Waals surface area contributed by atoms with Crippen LogP contribution in [0.2, 0.25) is 0 Å². The highest BCUT2D eigenvalue weighted by Gasteiger charge is 2.19. The van der Waals surface area contributed by atoms with Crippen LogP contribution >= 0.6 is 0 Å². The Morgan fingerprint density at radius 2 is 2.00 bits per heavy atom. The molecule has 0 aliphatic carbocycles. The second kappa shape index (κ2) is 6.06. The molecule has 2 N–H and O–H groups in total. The average Bonchev–Trinajstić information content (AvgIpc) is 2.49. The number of nitrogen functional groups attached to an aromatic ring is 1. The Bertz CT molecular complexity index is 599. The van der Waals surface area contributed by atoms with Gasteiger partial charge in [-0.3, -0.25) is 9.78 Å².